The highest BCUT2D eigenvalue weighted by molar-refractivity contribution is 5.70. The van der Waals surface area contributed by atoms with Gasteiger partial charge in [0.1, 0.15) is 5.75 Å². The molecule has 5 nitrogen and oxygen atoms in total. The second kappa shape index (κ2) is 6.59. The molecule has 2 rings (SSSR count). The lowest BCUT2D eigenvalue weighted by molar-refractivity contribution is -0.144. The molecule has 2 atom stereocenters. The van der Waals surface area contributed by atoms with Crippen molar-refractivity contribution in [2.45, 2.75) is 32.4 Å². The summed E-state index contributed by atoms with van der Waals surface area (Å²) in [4.78, 5) is 13.3. The predicted octanol–water partition coefficient (Wildman–Crippen LogP) is 2.25. The molecule has 1 saturated heterocycles. The van der Waals surface area contributed by atoms with Gasteiger partial charge < -0.3 is 9.84 Å². The molecule has 0 aliphatic carbocycles. The van der Waals surface area contributed by atoms with Crippen molar-refractivity contribution in [1.29, 1.82) is 5.26 Å². The number of piperidine rings is 1. The Balaban J connectivity index is 2.12. The molecular weight excluding hydrogens is 268 g/mol. The second-order valence-corrected chi connectivity index (χ2v) is 5.52. The number of nitrogens with zero attached hydrogens (tertiary/aromatic N) is 2. The Hall–Kier alpha value is -2.06. The molecule has 21 heavy (non-hydrogen) atoms. The molecule has 1 aliphatic heterocycles. The van der Waals surface area contributed by atoms with Crippen molar-refractivity contribution >= 4 is 5.97 Å². The molecule has 112 valence electrons. The van der Waals surface area contributed by atoms with Crippen molar-refractivity contribution in [3.8, 4) is 11.8 Å². The summed E-state index contributed by atoms with van der Waals surface area (Å²) in [7, 11) is 1.62. The third kappa shape index (κ3) is 3.53. The van der Waals surface area contributed by atoms with E-state index in [4.69, 9.17) is 15.1 Å². The summed E-state index contributed by atoms with van der Waals surface area (Å²) in [5.41, 5.74) is 1.58. The highest BCUT2D eigenvalue weighted by Crippen LogP contribution is 2.27. The number of ether oxygens (including phenoxy) is 1. The molecule has 1 N–H and O–H groups in total. The van der Waals surface area contributed by atoms with Gasteiger partial charge >= 0.3 is 5.97 Å². The third-order valence-electron chi connectivity index (χ3n) is 4.15. The molecule has 0 bridgehead atoms. The first kappa shape index (κ1) is 15.3. The topological polar surface area (TPSA) is 73.6 Å². The van der Waals surface area contributed by atoms with Crippen LogP contribution < -0.4 is 4.74 Å². The number of hydrogen-bond donors (Lipinski definition) is 1. The van der Waals surface area contributed by atoms with Crippen molar-refractivity contribution < 1.29 is 14.6 Å². The van der Waals surface area contributed by atoms with Crippen molar-refractivity contribution in [3.63, 3.8) is 0 Å². The van der Waals surface area contributed by atoms with Crippen LogP contribution in [0.4, 0.5) is 0 Å². The summed E-state index contributed by atoms with van der Waals surface area (Å²) in [6, 6.07) is 7.73. The number of rotatable bonds is 4. The molecule has 0 radical (unpaired) electrons. The van der Waals surface area contributed by atoms with E-state index >= 15 is 0 Å². The van der Waals surface area contributed by atoms with Crippen LogP contribution in [-0.2, 0) is 11.3 Å². The first-order valence-corrected chi connectivity index (χ1v) is 7.09. The summed E-state index contributed by atoms with van der Waals surface area (Å²) in [6.07, 6.45) is 1.33. The second-order valence-electron chi connectivity index (χ2n) is 5.52. The molecule has 1 aliphatic rings. The number of benzene rings is 1. The van der Waals surface area contributed by atoms with E-state index < -0.39 is 5.97 Å². The van der Waals surface area contributed by atoms with Gasteiger partial charge in [-0.15, -0.1) is 0 Å². The van der Waals surface area contributed by atoms with E-state index in [1.54, 1.807) is 13.2 Å². The van der Waals surface area contributed by atoms with E-state index in [-0.39, 0.29) is 12.0 Å². The van der Waals surface area contributed by atoms with Crippen molar-refractivity contribution in [1.82, 2.24) is 4.90 Å². The average molecular weight is 288 g/mol. The van der Waals surface area contributed by atoms with Crippen LogP contribution in [0.5, 0.6) is 5.75 Å². The minimum Gasteiger partial charge on any atom is -0.496 e. The number of methoxy groups -OCH3 is 1. The number of carbonyl (C=O) groups is 1. The first-order chi connectivity index (χ1) is 10.0. The molecule has 5 heteroatoms. The van der Waals surface area contributed by atoms with Gasteiger partial charge in [0.05, 0.1) is 24.7 Å². The van der Waals surface area contributed by atoms with Crippen LogP contribution >= 0.6 is 0 Å². The summed E-state index contributed by atoms with van der Waals surface area (Å²) in [5.74, 6) is -0.185. The molecule has 1 heterocycles. The van der Waals surface area contributed by atoms with E-state index in [1.807, 2.05) is 12.1 Å². The Morgan fingerprint density at radius 3 is 2.90 bits per heavy atom. The van der Waals surface area contributed by atoms with Crippen molar-refractivity contribution in [2.24, 2.45) is 5.92 Å². The van der Waals surface area contributed by atoms with E-state index in [0.717, 1.165) is 17.9 Å². The zero-order valence-electron chi connectivity index (χ0n) is 12.4. The molecule has 1 aromatic rings. The highest BCUT2D eigenvalue weighted by atomic mass is 16.5. The van der Waals surface area contributed by atoms with Crippen LogP contribution in [0.1, 0.15) is 30.9 Å². The Bertz CT molecular complexity index is 565. The summed E-state index contributed by atoms with van der Waals surface area (Å²) >= 11 is 0. The van der Waals surface area contributed by atoms with Crippen LogP contribution in [0, 0.1) is 17.2 Å². The number of likely N-dealkylation sites (tertiary alicyclic amines) is 1. The van der Waals surface area contributed by atoms with Crippen LogP contribution in [0.15, 0.2) is 18.2 Å². The lowest BCUT2D eigenvalue weighted by atomic mass is 9.91. The van der Waals surface area contributed by atoms with E-state index in [1.165, 1.54) is 0 Å². The summed E-state index contributed by atoms with van der Waals surface area (Å²) in [6.45, 7) is 3.47. The van der Waals surface area contributed by atoms with Gasteiger partial charge in [-0.25, -0.2) is 0 Å². The maximum atomic E-state index is 11.1. The van der Waals surface area contributed by atoms with Gasteiger partial charge in [0, 0.05) is 18.2 Å². The summed E-state index contributed by atoms with van der Waals surface area (Å²) < 4.78 is 5.35. The standard InChI is InChI=1S/C16H20N2O3/c1-11-7-13(16(19)20)5-6-18(11)10-14-8-12(9-17)3-4-15(14)21-2/h3-4,8,11,13H,5-7,10H2,1-2H3,(H,19,20). The van der Waals surface area contributed by atoms with Gasteiger partial charge in [0.15, 0.2) is 0 Å². The zero-order valence-corrected chi connectivity index (χ0v) is 12.4. The molecule has 2 unspecified atom stereocenters. The predicted molar refractivity (Wildman–Crippen MR) is 77.9 cm³/mol. The van der Waals surface area contributed by atoms with Gasteiger partial charge in [0.25, 0.3) is 0 Å². The van der Waals surface area contributed by atoms with E-state index in [2.05, 4.69) is 17.9 Å². The van der Waals surface area contributed by atoms with Gasteiger partial charge in [-0.2, -0.15) is 5.26 Å². The number of nitriles is 1. The smallest absolute Gasteiger partial charge is 0.306 e. The molecule has 0 aromatic heterocycles. The molecular formula is C16H20N2O3. The molecule has 1 fully saturated rings. The fourth-order valence-corrected chi connectivity index (χ4v) is 2.87. The lowest BCUT2D eigenvalue weighted by Crippen LogP contribution is -2.42. The van der Waals surface area contributed by atoms with Gasteiger partial charge in [-0.05, 0) is 44.5 Å². The number of carboxylic acid groups (broad SMARTS) is 1. The molecule has 0 saturated carbocycles. The Morgan fingerprint density at radius 2 is 2.33 bits per heavy atom. The fraction of sp³-hybridized carbons (Fsp3) is 0.500. The van der Waals surface area contributed by atoms with Crippen LogP contribution in [0.2, 0.25) is 0 Å². The Kier molecular flexibility index (Phi) is 4.81. The minimum absolute atomic E-state index is 0.204. The van der Waals surface area contributed by atoms with Gasteiger partial charge in [-0.1, -0.05) is 0 Å². The van der Waals surface area contributed by atoms with Crippen molar-refractivity contribution in [2.75, 3.05) is 13.7 Å². The van der Waals surface area contributed by atoms with Crippen LogP contribution in [0.25, 0.3) is 0 Å². The zero-order chi connectivity index (χ0) is 15.4. The number of carboxylic acids is 1. The van der Waals surface area contributed by atoms with E-state index in [0.29, 0.717) is 24.9 Å². The monoisotopic (exact) mass is 288 g/mol. The quantitative estimate of drug-likeness (QED) is 0.920. The fourth-order valence-electron chi connectivity index (χ4n) is 2.87. The minimum atomic E-state index is -0.703. The average Bonchev–Trinajstić information content (AvgIpc) is 2.49. The highest BCUT2D eigenvalue weighted by Gasteiger charge is 2.29. The van der Waals surface area contributed by atoms with Gasteiger partial charge in [0.2, 0.25) is 0 Å². The van der Waals surface area contributed by atoms with E-state index in [9.17, 15) is 4.79 Å². The third-order valence-corrected chi connectivity index (χ3v) is 4.15. The first-order valence-electron chi connectivity index (χ1n) is 7.09. The normalized spacial score (nSPS) is 22.5. The van der Waals surface area contributed by atoms with Gasteiger partial charge in [-0.3, -0.25) is 9.69 Å². The van der Waals surface area contributed by atoms with Crippen molar-refractivity contribution in [3.05, 3.63) is 29.3 Å². The molecule has 0 amide bonds. The Labute approximate surface area is 124 Å². The van der Waals surface area contributed by atoms with Crippen LogP contribution in [0.3, 0.4) is 0 Å². The maximum absolute atomic E-state index is 11.1. The number of hydrogen-bond acceptors (Lipinski definition) is 4. The number of aliphatic carboxylic acids is 1. The largest absolute Gasteiger partial charge is 0.496 e. The SMILES string of the molecule is COc1ccc(C#N)cc1CN1CCC(C(=O)O)CC1C. The maximum Gasteiger partial charge on any atom is 0.306 e. The van der Waals surface area contributed by atoms with Crippen LogP contribution in [-0.4, -0.2) is 35.7 Å². The Morgan fingerprint density at radius 1 is 1.57 bits per heavy atom. The molecule has 1 aromatic carbocycles. The molecule has 0 spiro atoms. The summed E-state index contributed by atoms with van der Waals surface area (Å²) in [5, 5.41) is 18.1. The lowest BCUT2D eigenvalue weighted by Gasteiger charge is -2.36.